The van der Waals surface area contributed by atoms with Crippen LogP contribution in [-0.4, -0.2) is 16.5 Å². The van der Waals surface area contributed by atoms with E-state index in [2.05, 4.69) is 12.2 Å². The Hall–Kier alpha value is -1.58. The predicted octanol–water partition coefficient (Wildman–Crippen LogP) is 2.32. The van der Waals surface area contributed by atoms with Gasteiger partial charge in [0.25, 0.3) is 5.56 Å². The summed E-state index contributed by atoms with van der Waals surface area (Å²) in [6.45, 7) is 4.29. The first kappa shape index (κ1) is 15.5. The van der Waals surface area contributed by atoms with Crippen LogP contribution < -0.4 is 10.9 Å². The number of unbranched alkanes of at least 4 members (excludes halogenated alkanes) is 3. The second-order valence-corrected chi connectivity index (χ2v) is 4.98. The van der Waals surface area contributed by atoms with Gasteiger partial charge < -0.3 is 9.88 Å². The molecule has 0 aliphatic heterocycles. The third-order valence-corrected chi connectivity index (χ3v) is 3.11. The molecule has 1 heterocycles. The molecular formula is C15H24N2O2. The van der Waals surface area contributed by atoms with Gasteiger partial charge in [0.1, 0.15) is 6.54 Å². The Morgan fingerprint density at radius 1 is 1.32 bits per heavy atom. The van der Waals surface area contributed by atoms with Gasteiger partial charge >= 0.3 is 0 Å². The molecule has 0 radical (unpaired) electrons. The van der Waals surface area contributed by atoms with Crippen LogP contribution >= 0.6 is 0 Å². The zero-order chi connectivity index (χ0) is 14.1. The van der Waals surface area contributed by atoms with Crippen LogP contribution in [0.15, 0.2) is 29.2 Å². The molecule has 1 N–H and O–H groups in total. The topological polar surface area (TPSA) is 51.1 Å². The summed E-state index contributed by atoms with van der Waals surface area (Å²) in [5.74, 6) is -0.101. The highest BCUT2D eigenvalue weighted by molar-refractivity contribution is 5.75. The van der Waals surface area contributed by atoms with Crippen LogP contribution in [0.4, 0.5) is 0 Å². The molecule has 1 rings (SSSR count). The summed E-state index contributed by atoms with van der Waals surface area (Å²) in [7, 11) is 0. The lowest BCUT2D eigenvalue weighted by Gasteiger charge is -2.14. The van der Waals surface area contributed by atoms with Crippen molar-refractivity contribution in [1.82, 2.24) is 9.88 Å². The third kappa shape index (κ3) is 6.22. The molecule has 1 atom stereocenters. The Labute approximate surface area is 114 Å². The molecule has 4 nitrogen and oxygen atoms in total. The van der Waals surface area contributed by atoms with Crippen LogP contribution in [0.3, 0.4) is 0 Å². The van der Waals surface area contributed by atoms with E-state index >= 15 is 0 Å². The molecule has 0 fully saturated rings. The van der Waals surface area contributed by atoms with E-state index in [1.54, 1.807) is 18.3 Å². The fourth-order valence-electron chi connectivity index (χ4n) is 2.02. The maximum Gasteiger partial charge on any atom is 0.250 e. The average Bonchev–Trinajstić information content (AvgIpc) is 2.37. The third-order valence-electron chi connectivity index (χ3n) is 3.11. The molecule has 0 saturated carbocycles. The van der Waals surface area contributed by atoms with Crippen molar-refractivity contribution in [3.8, 4) is 0 Å². The van der Waals surface area contributed by atoms with Gasteiger partial charge in [-0.05, 0) is 19.4 Å². The van der Waals surface area contributed by atoms with Crippen LogP contribution in [0.25, 0.3) is 0 Å². The number of hydrogen-bond donors (Lipinski definition) is 1. The highest BCUT2D eigenvalue weighted by atomic mass is 16.2. The van der Waals surface area contributed by atoms with Crippen molar-refractivity contribution in [2.45, 2.75) is 58.5 Å². The van der Waals surface area contributed by atoms with Gasteiger partial charge in [0, 0.05) is 18.3 Å². The van der Waals surface area contributed by atoms with E-state index in [0.29, 0.717) is 0 Å². The van der Waals surface area contributed by atoms with Gasteiger partial charge in [0.05, 0.1) is 0 Å². The molecule has 0 saturated heterocycles. The van der Waals surface area contributed by atoms with Crippen molar-refractivity contribution in [3.05, 3.63) is 34.7 Å². The number of nitrogens with zero attached hydrogens (tertiary/aromatic N) is 1. The largest absolute Gasteiger partial charge is 0.352 e. The quantitative estimate of drug-likeness (QED) is 0.733. The maximum atomic E-state index is 11.8. The minimum Gasteiger partial charge on any atom is -0.352 e. The molecule has 106 valence electrons. The fraction of sp³-hybridized carbons (Fsp3) is 0.600. The monoisotopic (exact) mass is 264 g/mol. The van der Waals surface area contributed by atoms with Gasteiger partial charge in [-0.1, -0.05) is 38.7 Å². The molecule has 0 unspecified atom stereocenters. The molecule has 0 aromatic carbocycles. The molecule has 0 aliphatic rings. The van der Waals surface area contributed by atoms with E-state index in [1.807, 2.05) is 6.92 Å². The number of amides is 1. The van der Waals surface area contributed by atoms with Crippen molar-refractivity contribution in [2.24, 2.45) is 0 Å². The van der Waals surface area contributed by atoms with Crippen LogP contribution in [0.2, 0.25) is 0 Å². The molecule has 1 aromatic heterocycles. The lowest BCUT2D eigenvalue weighted by Crippen LogP contribution is -2.37. The van der Waals surface area contributed by atoms with Gasteiger partial charge in [-0.2, -0.15) is 0 Å². The van der Waals surface area contributed by atoms with Gasteiger partial charge in [0.2, 0.25) is 5.91 Å². The number of hydrogen-bond acceptors (Lipinski definition) is 2. The predicted molar refractivity (Wildman–Crippen MR) is 77.1 cm³/mol. The lowest BCUT2D eigenvalue weighted by atomic mass is 10.1. The minimum atomic E-state index is -0.145. The Morgan fingerprint density at radius 2 is 2.11 bits per heavy atom. The molecule has 0 bridgehead atoms. The molecule has 0 spiro atoms. The zero-order valence-electron chi connectivity index (χ0n) is 11.9. The van der Waals surface area contributed by atoms with Crippen molar-refractivity contribution in [3.63, 3.8) is 0 Å². The van der Waals surface area contributed by atoms with E-state index in [4.69, 9.17) is 0 Å². The molecular weight excluding hydrogens is 240 g/mol. The molecule has 19 heavy (non-hydrogen) atoms. The second-order valence-electron chi connectivity index (χ2n) is 4.98. The highest BCUT2D eigenvalue weighted by Gasteiger charge is 2.08. The number of pyridine rings is 1. The maximum absolute atomic E-state index is 11.8. The van der Waals surface area contributed by atoms with Crippen LogP contribution in [0.1, 0.15) is 46.0 Å². The van der Waals surface area contributed by atoms with E-state index in [9.17, 15) is 9.59 Å². The summed E-state index contributed by atoms with van der Waals surface area (Å²) in [5.41, 5.74) is -0.145. The molecule has 4 heteroatoms. The van der Waals surface area contributed by atoms with Gasteiger partial charge in [-0.15, -0.1) is 0 Å². The van der Waals surface area contributed by atoms with Gasteiger partial charge in [-0.25, -0.2) is 0 Å². The fourth-order valence-corrected chi connectivity index (χ4v) is 2.02. The zero-order valence-corrected chi connectivity index (χ0v) is 11.9. The van der Waals surface area contributed by atoms with Crippen LogP contribution in [0.5, 0.6) is 0 Å². The van der Waals surface area contributed by atoms with Crippen molar-refractivity contribution < 1.29 is 4.79 Å². The van der Waals surface area contributed by atoms with E-state index in [0.717, 1.165) is 12.8 Å². The Morgan fingerprint density at radius 3 is 2.79 bits per heavy atom. The van der Waals surface area contributed by atoms with Gasteiger partial charge in [-0.3, -0.25) is 9.59 Å². The normalized spacial score (nSPS) is 12.1. The van der Waals surface area contributed by atoms with Crippen molar-refractivity contribution in [2.75, 3.05) is 0 Å². The first-order valence-electron chi connectivity index (χ1n) is 7.08. The molecule has 0 aliphatic carbocycles. The Bertz CT molecular complexity index is 440. The Kier molecular flexibility index (Phi) is 6.93. The molecule has 1 amide bonds. The van der Waals surface area contributed by atoms with Crippen LogP contribution in [-0.2, 0) is 11.3 Å². The standard InChI is InChI=1S/C15H24N2O2/c1-3-4-5-6-9-13(2)16-14(18)12-17-11-8-7-10-15(17)19/h7-8,10-11,13H,3-6,9,12H2,1-2H3,(H,16,18)/t13-/m0/s1. The average molecular weight is 264 g/mol. The summed E-state index contributed by atoms with van der Waals surface area (Å²) >= 11 is 0. The minimum absolute atomic E-state index is 0.0962. The number of nitrogens with one attached hydrogen (secondary N) is 1. The molecule has 1 aromatic rings. The summed E-state index contributed by atoms with van der Waals surface area (Å²) in [4.78, 5) is 23.3. The Balaban J connectivity index is 2.31. The lowest BCUT2D eigenvalue weighted by molar-refractivity contribution is -0.122. The summed E-state index contributed by atoms with van der Waals surface area (Å²) in [5, 5.41) is 2.93. The van der Waals surface area contributed by atoms with Crippen molar-refractivity contribution >= 4 is 5.91 Å². The first-order valence-corrected chi connectivity index (χ1v) is 7.08. The summed E-state index contributed by atoms with van der Waals surface area (Å²) in [6, 6.07) is 5.06. The van der Waals surface area contributed by atoms with E-state index in [1.165, 1.54) is 29.9 Å². The number of carbonyl (C=O) groups is 1. The first-order chi connectivity index (χ1) is 9.13. The summed E-state index contributed by atoms with van der Waals surface area (Å²) < 4.78 is 1.42. The number of carbonyl (C=O) groups excluding carboxylic acids is 1. The number of aromatic nitrogens is 1. The second kappa shape index (κ2) is 8.51. The van der Waals surface area contributed by atoms with E-state index in [-0.39, 0.29) is 24.1 Å². The van der Waals surface area contributed by atoms with Gasteiger partial charge in [0.15, 0.2) is 0 Å². The SMILES string of the molecule is CCCCCC[C@H](C)NC(=O)Cn1ccccc1=O. The highest BCUT2D eigenvalue weighted by Crippen LogP contribution is 2.05. The van der Waals surface area contributed by atoms with Crippen molar-refractivity contribution in [1.29, 1.82) is 0 Å². The summed E-state index contributed by atoms with van der Waals surface area (Å²) in [6.07, 6.45) is 7.45. The smallest absolute Gasteiger partial charge is 0.250 e. The van der Waals surface area contributed by atoms with E-state index < -0.39 is 0 Å². The van der Waals surface area contributed by atoms with Crippen LogP contribution in [0, 0.1) is 0 Å². The number of rotatable bonds is 8.